The lowest BCUT2D eigenvalue weighted by atomic mass is 9.75. The quantitative estimate of drug-likeness (QED) is 0.603. The molecule has 1 amide bonds. The average Bonchev–Trinajstić information content (AvgIpc) is 3.51. The van der Waals surface area contributed by atoms with Gasteiger partial charge < -0.3 is 16.0 Å². The number of hydrogen-bond donors (Lipinski definition) is 3. The Balaban J connectivity index is 1.22. The van der Waals surface area contributed by atoms with Crippen molar-refractivity contribution in [2.24, 2.45) is 29.6 Å². The van der Waals surface area contributed by atoms with Crippen LogP contribution in [0.25, 0.3) is 0 Å². The van der Waals surface area contributed by atoms with Crippen molar-refractivity contribution < 1.29 is 4.79 Å². The Bertz CT molecular complexity index is 585. The molecule has 170 valence electrons. The van der Waals surface area contributed by atoms with E-state index < -0.39 is 0 Å². The fourth-order valence-electron chi connectivity index (χ4n) is 7.61. The standard InChI is InChI=1S/C26H45N3O/c1-17-7-5-10-21-16-22(28-23(17)21)26(30)29-25(19-12-13-19)24-20(11-6-14-27-24)15-18-8-3-2-4-9-18/h17-25,27-28H,2-16H2,1H3,(H,29,30). The third-order valence-electron chi connectivity index (χ3n) is 9.43. The molecule has 5 fully saturated rings. The van der Waals surface area contributed by atoms with Crippen molar-refractivity contribution in [3.63, 3.8) is 0 Å². The number of amides is 1. The minimum absolute atomic E-state index is 0.0437. The molecule has 3 saturated carbocycles. The van der Waals surface area contributed by atoms with Crippen molar-refractivity contribution in [2.75, 3.05) is 6.54 Å². The van der Waals surface area contributed by atoms with Crippen LogP contribution in [-0.4, -0.2) is 36.6 Å². The van der Waals surface area contributed by atoms with E-state index in [-0.39, 0.29) is 6.04 Å². The molecule has 5 rings (SSSR count). The number of hydrogen-bond acceptors (Lipinski definition) is 3. The molecule has 0 aromatic heterocycles. The molecule has 2 saturated heterocycles. The summed E-state index contributed by atoms with van der Waals surface area (Å²) in [7, 11) is 0. The maximum Gasteiger partial charge on any atom is 0.237 e. The van der Waals surface area contributed by atoms with E-state index in [0.717, 1.165) is 36.6 Å². The summed E-state index contributed by atoms with van der Waals surface area (Å²) in [6.45, 7) is 3.51. The fourth-order valence-corrected chi connectivity index (χ4v) is 7.61. The number of fused-ring (bicyclic) bond motifs is 1. The number of carbonyl (C=O) groups excluding carboxylic acids is 1. The topological polar surface area (TPSA) is 53.2 Å². The highest BCUT2D eigenvalue weighted by atomic mass is 16.2. The van der Waals surface area contributed by atoms with Gasteiger partial charge >= 0.3 is 0 Å². The second-order valence-corrected chi connectivity index (χ2v) is 11.6. The van der Waals surface area contributed by atoms with Crippen molar-refractivity contribution in [1.82, 2.24) is 16.0 Å². The van der Waals surface area contributed by atoms with Gasteiger partial charge in [0.05, 0.1) is 6.04 Å². The van der Waals surface area contributed by atoms with Gasteiger partial charge in [0.2, 0.25) is 5.91 Å². The molecule has 4 nitrogen and oxygen atoms in total. The van der Waals surface area contributed by atoms with Crippen molar-refractivity contribution in [3.8, 4) is 0 Å². The molecule has 30 heavy (non-hydrogen) atoms. The highest BCUT2D eigenvalue weighted by Gasteiger charge is 2.45. The molecular weight excluding hydrogens is 370 g/mol. The molecule has 0 aromatic rings. The number of rotatable bonds is 6. The van der Waals surface area contributed by atoms with E-state index in [2.05, 4.69) is 22.9 Å². The van der Waals surface area contributed by atoms with Gasteiger partial charge in [0.25, 0.3) is 0 Å². The predicted molar refractivity (Wildman–Crippen MR) is 122 cm³/mol. The summed E-state index contributed by atoms with van der Waals surface area (Å²) in [5.41, 5.74) is 0. The van der Waals surface area contributed by atoms with Crippen LogP contribution in [0.3, 0.4) is 0 Å². The second-order valence-electron chi connectivity index (χ2n) is 11.6. The van der Waals surface area contributed by atoms with Crippen LogP contribution in [-0.2, 0) is 4.79 Å². The maximum atomic E-state index is 13.4. The first-order chi connectivity index (χ1) is 14.7. The lowest BCUT2D eigenvalue weighted by molar-refractivity contribution is -0.124. The van der Waals surface area contributed by atoms with E-state index in [4.69, 9.17) is 0 Å². The van der Waals surface area contributed by atoms with Gasteiger partial charge in [-0.2, -0.15) is 0 Å². The third kappa shape index (κ3) is 4.75. The minimum atomic E-state index is 0.0437. The Morgan fingerprint density at radius 1 is 0.967 bits per heavy atom. The summed E-state index contributed by atoms with van der Waals surface area (Å²) in [4.78, 5) is 13.4. The number of nitrogens with one attached hydrogen (secondary N) is 3. The Labute approximate surface area is 184 Å². The van der Waals surface area contributed by atoms with E-state index in [1.165, 1.54) is 83.5 Å². The zero-order valence-electron chi connectivity index (χ0n) is 19.2. The van der Waals surface area contributed by atoms with Gasteiger partial charge in [0.1, 0.15) is 0 Å². The molecule has 0 aromatic carbocycles. The molecule has 2 aliphatic heterocycles. The van der Waals surface area contributed by atoms with E-state index >= 15 is 0 Å². The van der Waals surface area contributed by atoms with Crippen molar-refractivity contribution in [2.45, 2.75) is 121 Å². The normalized spacial score (nSPS) is 41.2. The van der Waals surface area contributed by atoms with Crippen molar-refractivity contribution in [3.05, 3.63) is 0 Å². The monoisotopic (exact) mass is 415 g/mol. The predicted octanol–water partition coefficient (Wildman–Crippen LogP) is 4.39. The zero-order chi connectivity index (χ0) is 20.5. The van der Waals surface area contributed by atoms with Crippen LogP contribution in [0.1, 0.15) is 96.8 Å². The van der Waals surface area contributed by atoms with Gasteiger partial charge in [-0.05, 0) is 87.5 Å². The van der Waals surface area contributed by atoms with Gasteiger partial charge in [-0.3, -0.25) is 4.79 Å². The molecular formula is C26H45N3O. The van der Waals surface area contributed by atoms with E-state index in [0.29, 0.717) is 30.0 Å². The number of carbonyl (C=O) groups is 1. The molecule has 4 heteroatoms. The summed E-state index contributed by atoms with van der Waals surface area (Å²) in [6, 6.07) is 1.47. The Hall–Kier alpha value is -0.610. The van der Waals surface area contributed by atoms with Gasteiger partial charge in [-0.15, -0.1) is 0 Å². The van der Waals surface area contributed by atoms with Gasteiger partial charge in [-0.1, -0.05) is 45.4 Å². The maximum absolute atomic E-state index is 13.4. The molecule has 0 spiro atoms. The first-order valence-corrected chi connectivity index (χ1v) is 13.5. The van der Waals surface area contributed by atoms with Crippen LogP contribution in [0.15, 0.2) is 0 Å². The van der Waals surface area contributed by atoms with Crippen LogP contribution in [0.4, 0.5) is 0 Å². The summed E-state index contributed by atoms with van der Waals surface area (Å²) in [5, 5.41) is 11.3. The summed E-state index contributed by atoms with van der Waals surface area (Å²) < 4.78 is 0. The lowest BCUT2D eigenvalue weighted by Crippen LogP contribution is -2.59. The van der Waals surface area contributed by atoms with Crippen molar-refractivity contribution in [1.29, 1.82) is 0 Å². The third-order valence-corrected chi connectivity index (χ3v) is 9.43. The highest BCUT2D eigenvalue weighted by Crippen LogP contribution is 2.41. The SMILES string of the molecule is CC1CCCC2CC(C(=O)NC(C3CC3)C3NCCCC3CC3CCCCC3)NC12. The van der Waals surface area contributed by atoms with Gasteiger partial charge in [0, 0.05) is 18.1 Å². The summed E-state index contributed by atoms with van der Waals surface area (Å²) in [6.07, 6.45) is 18.9. The van der Waals surface area contributed by atoms with Crippen LogP contribution < -0.4 is 16.0 Å². The smallest absolute Gasteiger partial charge is 0.237 e. The minimum Gasteiger partial charge on any atom is -0.350 e. The first-order valence-electron chi connectivity index (χ1n) is 13.5. The average molecular weight is 416 g/mol. The van der Waals surface area contributed by atoms with E-state index in [1.54, 1.807) is 0 Å². The lowest BCUT2D eigenvalue weighted by Gasteiger charge is -2.41. The summed E-state index contributed by atoms with van der Waals surface area (Å²) in [5.74, 6) is 4.14. The highest BCUT2D eigenvalue weighted by molar-refractivity contribution is 5.82. The number of piperidine rings is 1. The van der Waals surface area contributed by atoms with Crippen LogP contribution in [0.5, 0.6) is 0 Å². The largest absolute Gasteiger partial charge is 0.350 e. The van der Waals surface area contributed by atoms with Crippen LogP contribution in [0.2, 0.25) is 0 Å². The molecule has 0 bridgehead atoms. The molecule has 2 heterocycles. The molecule has 7 atom stereocenters. The first kappa shape index (κ1) is 21.2. The molecule has 3 N–H and O–H groups in total. The molecule has 5 aliphatic rings. The fraction of sp³-hybridized carbons (Fsp3) is 0.962. The molecule has 3 aliphatic carbocycles. The zero-order valence-corrected chi connectivity index (χ0v) is 19.2. The second kappa shape index (κ2) is 9.48. The van der Waals surface area contributed by atoms with Crippen molar-refractivity contribution >= 4 is 5.91 Å². The Morgan fingerprint density at radius 3 is 2.57 bits per heavy atom. The van der Waals surface area contributed by atoms with E-state index in [1.807, 2.05) is 0 Å². The van der Waals surface area contributed by atoms with Crippen LogP contribution in [0, 0.1) is 29.6 Å². The summed E-state index contributed by atoms with van der Waals surface area (Å²) >= 11 is 0. The Kier molecular flexibility index (Phi) is 6.72. The molecule has 0 radical (unpaired) electrons. The van der Waals surface area contributed by atoms with Crippen LogP contribution >= 0.6 is 0 Å². The van der Waals surface area contributed by atoms with Gasteiger partial charge in [-0.25, -0.2) is 0 Å². The molecule has 7 unspecified atom stereocenters. The van der Waals surface area contributed by atoms with E-state index in [9.17, 15) is 4.79 Å². The van der Waals surface area contributed by atoms with Gasteiger partial charge in [0.15, 0.2) is 0 Å². The Morgan fingerprint density at radius 2 is 1.80 bits per heavy atom.